The van der Waals surface area contributed by atoms with Gasteiger partial charge in [-0.3, -0.25) is 4.79 Å². The van der Waals surface area contributed by atoms with Gasteiger partial charge in [0.15, 0.2) is 0 Å². The van der Waals surface area contributed by atoms with Crippen molar-refractivity contribution >= 4 is 15.9 Å². The number of hydrogen-bond donors (Lipinski definition) is 1. The lowest BCUT2D eigenvalue weighted by atomic mass is 9.92. The van der Waals surface area contributed by atoms with Gasteiger partial charge >= 0.3 is 0 Å². The van der Waals surface area contributed by atoms with E-state index in [4.69, 9.17) is 0 Å². The Kier molecular flexibility index (Phi) is 5.74. The van der Waals surface area contributed by atoms with E-state index in [-0.39, 0.29) is 23.3 Å². The maximum absolute atomic E-state index is 13.4. The average molecular weight is 413 g/mol. The van der Waals surface area contributed by atoms with Gasteiger partial charge in [0.05, 0.1) is 10.9 Å². The van der Waals surface area contributed by atoms with E-state index in [9.17, 15) is 13.2 Å². The summed E-state index contributed by atoms with van der Waals surface area (Å²) in [6.45, 7) is 2.32. The van der Waals surface area contributed by atoms with Crippen LogP contribution in [-0.2, 0) is 21.2 Å². The first-order valence-corrected chi connectivity index (χ1v) is 11.8. The number of hydrogen-bond acceptors (Lipinski definition) is 3. The zero-order valence-electron chi connectivity index (χ0n) is 16.8. The smallest absolute Gasteiger partial charge is 0.243 e. The molecule has 1 heterocycles. The topological polar surface area (TPSA) is 66.5 Å². The van der Waals surface area contributed by atoms with Gasteiger partial charge in [0.1, 0.15) is 0 Å². The van der Waals surface area contributed by atoms with Crippen LogP contribution >= 0.6 is 0 Å². The Labute approximate surface area is 173 Å². The summed E-state index contributed by atoms with van der Waals surface area (Å²) in [5.41, 5.74) is 3.08. The molecule has 1 fully saturated rings. The second-order valence-electron chi connectivity index (χ2n) is 8.15. The van der Waals surface area contributed by atoms with Crippen molar-refractivity contribution in [1.29, 1.82) is 0 Å². The van der Waals surface area contributed by atoms with E-state index in [1.165, 1.54) is 4.31 Å². The van der Waals surface area contributed by atoms with Gasteiger partial charge in [-0.2, -0.15) is 4.31 Å². The van der Waals surface area contributed by atoms with Crippen LogP contribution < -0.4 is 5.32 Å². The van der Waals surface area contributed by atoms with Crippen LogP contribution in [-0.4, -0.2) is 31.2 Å². The molecule has 1 amide bonds. The third-order valence-corrected chi connectivity index (χ3v) is 8.01. The fourth-order valence-electron chi connectivity index (χ4n) is 4.51. The lowest BCUT2D eigenvalue weighted by Crippen LogP contribution is -2.43. The summed E-state index contributed by atoms with van der Waals surface area (Å²) in [4.78, 5) is 13.1. The molecule has 0 spiro atoms. The zero-order valence-corrected chi connectivity index (χ0v) is 17.6. The quantitative estimate of drug-likeness (QED) is 0.814. The number of sulfonamides is 1. The number of carbonyl (C=O) groups excluding carboxylic acids is 1. The van der Waals surface area contributed by atoms with Crippen LogP contribution in [0.25, 0.3) is 0 Å². The van der Waals surface area contributed by atoms with Gasteiger partial charge in [0, 0.05) is 19.0 Å². The van der Waals surface area contributed by atoms with Crippen molar-refractivity contribution in [2.24, 2.45) is 0 Å². The molecule has 5 nitrogen and oxygen atoms in total. The van der Waals surface area contributed by atoms with Crippen LogP contribution in [0.15, 0.2) is 53.4 Å². The monoisotopic (exact) mass is 412 g/mol. The van der Waals surface area contributed by atoms with Crippen LogP contribution in [0.3, 0.4) is 0 Å². The summed E-state index contributed by atoms with van der Waals surface area (Å²) < 4.78 is 28.4. The predicted molar refractivity (Wildman–Crippen MR) is 113 cm³/mol. The largest absolute Gasteiger partial charge is 0.353 e. The molecule has 4 rings (SSSR count). The van der Waals surface area contributed by atoms with Crippen LogP contribution in [0.2, 0.25) is 0 Å². The average Bonchev–Trinajstić information content (AvgIpc) is 3.21. The molecule has 154 valence electrons. The van der Waals surface area contributed by atoms with Crippen LogP contribution in [0.4, 0.5) is 0 Å². The fourth-order valence-corrected chi connectivity index (χ4v) is 6.11. The molecule has 2 aromatic rings. The first-order valence-electron chi connectivity index (χ1n) is 10.4. The van der Waals surface area contributed by atoms with Gasteiger partial charge in [0.2, 0.25) is 15.9 Å². The van der Waals surface area contributed by atoms with Crippen molar-refractivity contribution in [2.45, 2.75) is 62.4 Å². The second kappa shape index (κ2) is 8.28. The Morgan fingerprint density at radius 3 is 2.48 bits per heavy atom. The third kappa shape index (κ3) is 4.23. The molecule has 2 aromatic carbocycles. The van der Waals surface area contributed by atoms with E-state index in [1.54, 1.807) is 12.1 Å². The van der Waals surface area contributed by atoms with Gasteiger partial charge in [-0.1, -0.05) is 54.8 Å². The Balaban J connectivity index is 1.64. The van der Waals surface area contributed by atoms with E-state index >= 15 is 0 Å². The number of carbonyl (C=O) groups is 1. The van der Waals surface area contributed by atoms with Crippen molar-refractivity contribution in [3.63, 3.8) is 0 Å². The SMILES string of the molecule is Cc1ccc(S(=O)(=O)N2CCc3ccccc3[C@H]2CC(=O)NC2CCCC2)cc1. The number of rotatable bonds is 5. The van der Waals surface area contributed by atoms with E-state index in [0.29, 0.717) is 13.0 Å². The van der Waals surface area contributed by atoms with Gasteiger partial charge in [-0.25, -0.2) is 8.42 Å². The summed E-state index contributed by atoms with van der Waals surface area (Å²) >= 11 is 0. The number of fused-ring (bicyclic) bond motifs is 1. The zero-order chi connectivity index (χ0) is 20.4. The Morgan fingerprint density at radius 2 is 1.76 bits per heavy atom. The van der Waals surface area contributed by atoms with E-state index in [0.717, 1.165) is 42.4 Å². The molecule has 1 aliphatic heterocycles. The van der Waals surface area contributed by atoms with Crippen LogP contribution in [0.5, 0.6) is 0 Å². The minimum atomic E-state index is -3.69. The van der Waals surface area contributed by atoms with Crippen molar-refractivity contribution in [1.82, 2.24) is 9.62 Å². The van der Waals surface area contributed by atoms with Crippen LogP contribution in [0.1, 0.15) is 54.8 Å². The maximum atomic E-state index is 13.4. The molecular weight excluding hydrogens is 384 g/mol. The fraction of sp³-hybridized carbons (Fsp3) is 0.435. The molecule has 1 saturated carbocycles. The summed E-state index contributed by atoms with van der Waals surface area (Å²) in [7, 11) is -3.69. The Hall–Kier alpha value is -2.18. The number of nitrogens with zero attached hydrogens (tertiary/aromatic N) is 1. The molecule has 1 N–H and O–H groups in total. The highest BCUT2D eigenvalue weighted by Gasteiger charge is 2.37. The molecule has 1 aliphatic carbocycles. The normalized spacial score (nSPS) is 20.4. The van der Waals surface area contributed by atoms with E-state index in [1.807, 2.05) is 43.3 Å². The maximum Gasteiger partial charge on any atom is 0.243 e. The minimum Gasteiger partial charge on any atom is -0.353 e. The van der Waals surface area contributed by atoms with Crippen molar-refractivity contribution in [2.75, 3.05) is 6.54 Å². The molecular formula is C23H28N2O3S. The summed E-state index contributed by atoms with van der Waals surface area (Å²) in [6.07, 6.45) is 5.12. The first-order chi connectivity index (χ1) is 13.9. The van der Waals surface area contributed by atoms with Crippen molar-refractivity contribution in [3.05, 3.63) is 65.2 Å². The molecule has 0 saturated heterocycles. The lowest BCUT2D eigenvalue weighted by Gasteiger charge is -2.36. The van der Waals surface area contributed by atoms with E-state index < -0.39 is 16.1 Å². The van der Waals surface area contributed by atoms with Gasteiger partial charge < -0.3 is 5.32 Å². The molecule has 0 bridgehead atoms. The summed E-state index contributed by atoms with van der Waals surface area (Å²) in [5.74, 6) is -0.0669. The highest BCUT2D eigenvalue weighted by molar-refractivity contribution is 7.89. The first kappa shape index (κ1) is 20.1. The highest BCUT2D eigenvalue weighted by Crippen LogP contribution is 2.36. The molecule has 0 unspecified atom stereocenters. The van der Waals surface area contributed by atoms with E-state index in [2.05, 4.69) is 5.32 Å². The van der Waals surface area contributed by atoms with Crippen molar-refractivity contribution < 1.29 is 13.2 Å². The molecule has 0 radical (unpaired) electrons. The molecule has 1 atom stereocenters. The Morgan fingerprint density at radius 1 is 1.07 bits per heavy atom. The molecule has 6 heteroatoms. The second-order valence-corrected chi connectivity index (χ2v) is 10.0. The standard InChI is InChI=1S/C23H28N2O3S/c1-17-10-12-20(13-11-17)29(27,28)25-15-14-18-6-2-5-9-21(18)22(25)16-23(26)24-19-7-3-4-8-19/h2,5-6,9-13,19,22H,3-4,7-8,14-16H2,1H3,(H,24,26)/t22-/m1/s1. The number of nitrogens with one attached hydrogen (secondary N) is 1. The van der Waals surface area contributed by atoms with Gasteiger partial charge in [0.25, 0.3) is 0 Å². The number of aryl methyl sites for hydroxylation is 1. The van der Waals surface area contributed by atoms with Crippen LogP contribution in [0, 0.1) is 6.92 Å². The Bertz CT molecular complexity index is 979. The third-order valence-electron chi connectivity index (χ3n) is 6.09. The number of benzene rings is 2. The minimum absolute atomic E-state index is 0.0669. The highest BCUT2D eigenvalue weighted by atomic mass is 32.2. The summed E-state index contributed by atoms with van der Waals surface area (Å²) in [6, 6.07) is 14.6. The van der Waals surface area contributed by atoms with Gasteiger partial charge in [-0.05, 0) is 49.4 Å². The summed E-state index contributed by atoms with van der Waals surface area (Å²) in [5, 5.41) is 3.12. The van der Waals surface area contributed by atoms with Crippen molar-refractivity contribution in [3.8, 4) is 0 Å². The van der Waals surface area contributed by atoms with Gasteiger partial charge in [-0.15, -0.1) is 0 Å². The molecule has 29 heavy (non-hydrogen) atoms. The molecule has 2 aliphatic rings. The number of amides is 1. The predicted octanol–water partition coefficient (Wildman–Crippen LogP) is 3.73. The lowest BCUT2D eigenvalue weighted by molar-refractivity contribution is -0.122. The molecule has 0 aromatic heterocycles.